The second kappa shape index (κ2) is 6.56. The van der Waals surface area contributed by atoms with Crippen LogP contribution in [0.5, 0.6) is 0 Å². The van der Waals surface area contributed by atoms with Crippen molar-refractivity contribution in [1.82, 2.24) is 14.4 Å². The molecule has 3 aromatic rings. The van der Waals surface area contributed by atoms with E-state index in [1.165, 1.54) is 9.82 Å². The minimum atomic E-state index is -1.67. The van der Waals surface area contributed by atoms with Crippen molar-refractivity contribution in [3.8, 4) is 0 Å². The summed E-state index contributed by atoms with van der Waals surface area (Å²) in [6, 6.07) is 2.16. The Morgan fingerprint density at radius 2 is 2.35 bits per heavy atom. The van der Waals surface area contributed by atoms with E-state index in [9.17, 15) is 4.79 Å². The van der Waals surface area contributed by atoms with Gasteiger partial charge in [-0.1, -0.05) is 0 Å². The van der Waals surface area contributed by atoms with Crippen molar-refractivity contribution in [2.45, 2.75) is 18.8 Å². The predicted molar refractivity (Wildman–Crippen MR) is 96.6 cm³/mol. The van der Waals surface area contributed by atoms with Gasteiger partial charge in [0, 0.05) is 0 Å². The predicted octanol–water partition coefficient (Wildman–Crippen LogP) is 1.57. The molecular formula is C15H18N4O2SSn. The van der Waals surface area contributed by atoms with Gasteiger partial charge in [0.1, 0.15) is 0 Å². The molecule has 0 aliphatic rings. The van der Waals surface area contributed by atoms with Crippen LogP contribution in [-0.4, -0.2) is 57.3 Å². The molecule has 3 rings (SSSR count). The number of aryl methyl sites for hydroxylation is 1. The van der Waals surface area contributed by atoms with Crippen molar-refractivity contribution >= 4 is 65.8 Å². The molecule has 3 aromatic heterocycles. The quantitative estimate of drug-likeness (QED) is 0.373. The first-order chi connectivity index (χ1) is 11.0. The first kappa shape index (κ1) is 16.4. The van der Waals surface area contributed by atoms with Gasteiger partial charge in [0.2, 0.25) is 0 Å². The number of anilines is 1. The number of esters is 1. The molecule has 120 valence electrons. The Morgan fingerprint density at radius 1 is 1.57 bits per heavy atom. The van der Waals surface area contributed by atoms with Crippen LogP contribution >= 0.6 is 11.3 Å². The van der Waals surface area contributed by atoms with Crippen LogP contribution in [0.2, 0.25) is 4.94 Å². The first-order valence-electron chi connectivity index (χ1n) is 7.28. The molecule has 0 aliphatic heterocycles. The molecule has 0 bridgehead atoms. The molecule has 0 unspecified atom stereocenters. The second-order valence-electron chi connectivity index (χ2n) is 5.37. The first-order valence-corrected chi connectivity index (χ1v) is 14.4. The van der Waals surface area contributed by atoms with Crippen molar-refractivity contribution in [2.24, 2.45) is 0 Å². The van der Waals surface area contributed by atoms with Crippen LogP contribution < -0.4 is 8.21 Å². The third-order valence-electron chi connectivity index (χ3n) is 3.40. The van der Waals surface area contributed by atoms with Crippen LogP contribution in [-0.2, 0) is 9.53 Å². The van der Waals surface area contributed by atoms with E-state index in [1.54, 1.807) is 11.3 Å². The van der Waals surface area contributed by atoms with Crippen molar-refractivity contribution < 1.29 is 9.53 Å². The van der Waals surface area contributed by atoms with Gasteiger partial charge < -0.3 is 0 Å². The fourth-order valence-electron chi connectivity index (χ4n) is 2.34. The summed E-state index contributed by atoms with van der Waals surface area (Å²) in [6.45, 7) is 4.25. The number of hydrogen-bond donors (Lipinski definition) is 1. The molecule has 0 saturated carbocycles. The Bertz CT molecular complexity index is 915. The van der Waals surface area contributed by atoms with E-state index in [4.69, 9.17) is 9.72 Å². The van der Waals surface area contributed by atoms with E-state index in [0.717, 1.165) is 21.7 Å². The van der Waals surface area contributed by atoms with Gasteiger partial charge in [0.25, 0.3) is 0 Å². The molecule has 0 radical (unpaired) electrons. The van der Waals surface area contributed by atoms with Gasteiger partial charge >= 0.3 is 145 Å². The summed E-state index contributed by atoms with van der Waals surface area (Å²) in [5, 5.41) is 3.22. The summed E-state index contributed by atoms with van der Waals surface area (Å²) in [5.74, 6) is 0.434. The van der Waals surface area contributed by atoms with Crippen LogP contribution in [0.25, 0.3) is 16.0 Å². The second-order valence-corrected chi connectivity index (χ2v) is 13.4. The number of ether oxygens (including phenoxy) is 1. The summed E-state index contributed by atoms with van der Waals surface area (Å²) in [7, 11) is 0. The molecule has 0 amide bonds. The van der Waals surface area contributed by atoms with Gasteiger partial charge in [-0.25, -0.2) is 0 Å². The number of thiophene rings is 1. The van der Waals surface area contributed by atoms with Crippen LogP contribution in [0.15, 0.2) is 12.3 Å². The average molecular weight is 437 g/mol. The average Bonchev–Trinajstić information content (AvgIpc) is 3.07. The van der Waals surface area contributed by atoms with Crippen LogP contribution in [0, 0.1) is 6.92 Å². The van der Waals surface area contributed by atoms with E-state index in [1.807, 2.05) is 13.1 Å². The molecule has 0 aliphatic carbocycles. The molecular weight excluding hydrogens is 419 g/mol. The number of nitrogens with one attached hydrogen (secondary N) is 1. The molecule has 8 heteroatoms. The molecule has 0 atom stereocenters. The Labute approximate surface area is 144 Å². The molecule has 23 heavy (non-hydrogen) atoms. The van der Waals surface area contributed by atoms with E-state index >= 15 is 0 Å². The summed E-state index contributed by atoms with van der Waals surface area (Å²) in [5.41, 5.74) is 2.85. The van der Waals surface area contributed by atoms with Gasteiger partial charge in [-0.3, -0.25) is 0 Å². The Balaban J connectivity index is 2.02. The number of fused-ring (bicyclic) bond motifs is 3. The van der Waals surface area contributed by atoms with Crippen molar-refractivity contribution in [3.05, 3.63) is 18.0 Å². The Kier molecular flexibility index (Phi) is 4.67. The van der Waals surface area contributed by atoms with Crippen molar-refractivity contribution in [3.63, 3.8) is 0 Å². The van der Waals surface area contributed by atoms with Crippen LogP contribution in [0.3, 0.4) is 0 Å². The number of carbonyl (C=O) groups excluding carboxylic acids is 1. The maximum absolute atomic E-state index is 10.8. The summed E-state index contributed by atoms with van der Waals surface area (Å²) < 4.78 is 12.8. The zero-order valence-corrected chi connectivity index (χ0v) is 17.0. The molecule has 0 fully saturated rings. The fraction of sp³-hybridized carbons (Fsp3) is 0.333. The van der Waals surface area contributed by atoms with Crippen molar-refractivity contribution in [1.29, 1.82) is 0 Å². The molecule has 0 aromatic carbocycles. The number of carbonyl (C=O) groups is 1. The number of aromatic nitrogens is 3. The number of imidazole rings is 1. The van der Waals surface area contributed by atoms with Crippen LogP contribution in [0.1, 0.15) is 12.6 Å². The van der Waals surface area contributed by atoms with Gasteiger partial charge in [0.15, 0.2) is 0 Å². The molecule has 3 heterocycles. The number of rotatable bonds is 5. The van der Waals surface area contributed by atoms with Gasteiger partial charge in [-0.05, 0) is 0 Å². The fourth-order valence-corrected chi connectivity index (χ4v) is 6.83. The third kappa shape index (κ3) is 3.25. The summed E-state index contributed by atoms with van der Waals surface area (Å²) in [4.78, 5) is 23.4. The molecule has 1 N–H and O–H groups in total. The standard InChI is InChI=1S/C13H13N4O2S.CH3.CH2.Sn/c1-8-7-15-12-11(14-4-5-19-9(2)18)16-10-3-6-20-13(10)17(8)12;;;/h3,7H,4-5H2,1-2H3,(H,14,16);1H3;1H2;. The zero-order valence-electron chi connectivity index (χ0n) is 13.3. The van der Waals surface area contributed by atoms with E-state index in [-0.39, 0.29) is 5.97 Å². The SMILES string of the molecule is [CH2]=[Sn]([CH3])[c]1cc2nc(NCCOC(C)=O)c3ncc(C)n3c2s1. The molecule has 6 nitrogen and oxygen atoms in total. The van der Waals surface area contributed by atoms with E-state index < -0.39 is 19.3 Å². The normalized spacial score (nSPS) is 11.1. The Morgan fingerprint density at radius 3 is 3.04 bits per heavy atom. The van der Waals surface area contributed by atoms with Gasteiger partial charge in [-0.2, -0.15) is 0 Å². The van der Waals surface area contributed by atoms with Gasteiger partial charge in [-0.15, -0.1) is 0 Å². The summed E-state index contributed by atoms with van der Waals surface area (Å²) >= 11 is 0.109. The van der Waals surface area contributed by atoms with E-state index in [2.05, 4.69) is 30.2 Å². The molecule has 0 saturated heterocycles. The topological polar surface area (TPSA) is 68.5 Å². The zero-order chi connectivity index (χ0) is 16.6. The summed E-state index contributed by atoms with van der Waals surface area (Å²) in [6.07, 6.45) is 1.85. The number of nitrogens with zero attached hydrogens (tertiary/aromatic N) is 3. The molecule has 0 spiro atoms. The maximum atomic E-state index is 10.8. The minimum absolute atomic E-state index is 0.282. The Hall–Kier alpha value is -1.48. The third-order valence-corrected chi connectivity index (χ3v) is 10.3. The van der Waals surface area contributed by atoms with Crippen molar-refractivity contribution in [2.75, 3.05) is 18.5 Å². The number of hydrogen-bond acceptors (Lipinski definition) is 6. The van der Waals surface area contributed by atoms with Crippen LogP contribution in [0.4, 0.5) is 5.82 Å². The van der Waals surface area contributed by atoms with E-state index in [0.29, 0.717) is 19.0 Å². The van der Waals surface area contributed by atoms with Gasteiger partial charge in [0.05, 0.1) is 0 Å². The monoisotopic (exact) mass is 438 g/mol.